The van der Waals surface area contributed by atoms with Crippen molar-refractivity contribution in [3.63, 3.8) is 0 Å². The SMILES string of the molecule is C=CCc1cc2c(c(CC=C)c1O)CCC(=O)N2C(C)C. The molecule has 112 valence electrons. The van der Waals surface area contributed by atoms with Crippen LogP contribution in [0.15, 0.2) is 31.4 Å². The van der Waals surface area contributed by atoms with Gasteiger partial charge in [0.15, 0.2) is 0 Å². The molecule has 0 fully saturated rings. The summed E-state index contributed by atoms with van der Waals surface area (Å²) in [6.45, 7) is 11.5. The second-order valence-electron chi connectivity index (χ2n) is 5.70. The highest BCUT2D eigenvalue weighted by Crippen LogP contribution is 2.39. The van der Waals surface area contributed by atoms with Gasteiger partial charge in [0.25, 0.3) is 0 Å². The second-order valence-corrected chi connectivity index (χ2v) is 5.70. The molecule has 1 N–H and O–H groups in total. The summed E-state index contributed by atoms with van der Waals surface area (Å²) in [5.74, 6) is 0.476. The minimum absolute atomic E-state index is 0.106. The summed E-state index contributed by atoms with van der Waals surface area (Å²) in [6.07, 6.45) is 5.94. The van der Waals surface area contributed by atoms with Crippen LogP contribution in [0.1, 0.15) is 37.0 Å². The van der Waals surface area contributed by atoms with Crippen molar-refractivity contribution in [2.45, 2.75) is 45.6 Å². The summed E-state index contributed by atoms with van der Waals surface area (Å²) in [7, 11) is 0. The van der Waals surface area contributed by atoms with E-state index in [1.807, 2.05) is 24.8 Å². The van der Waals surface area contributed by atoms with E-state index >= 15 is 0 Å². The van der Waals surface area contributed by atoms with Crippen LogP contribution in [-0.2, 0) is 24.1 Å². The number of allylic oxidation sites excluding steroid dienone is 2. The molecule has 1 aromatic carbocycles. The number of amides is 1. The topological polar surface area (TPSA) is 40.5 Å². The molecule has 0 aromatic heterocycles. The minimum Gasteiger partial charge on any atom is -0.507 e. The zero-order chi connectivity index (χ0) is 15.6. The fourth-order valence-corrected chi connectivity index (χ4v) is 3.03. The molecule has 1 heterocycles. The van der Waals surface area contributed by atoms with Gasteiger partial charge in [0, 0.05) is 23.7 Å². The fourth-order valence-electron chi connectivity index (χ4n) is 3.03. The Morgan fingerprint density at radius 3 is 2.52 bits per heavy atom. The Morgan fingerprint density at radius 2 is 1.95 bits per heavy atom. The van der Waals surface area contributed by atoms with E-state index in [2.05, 4.69) is 13.2 Å². The maximum absolute atomic E-state index is 12.2. The van der Waals surface area contributed by atoms with Gasteiger partial charge in [0.1, 0.15) is 5.75 Å². The number of nitrogens with zero attached hydrogens (tertiary/aromatic N) is 1. The normalized spacial score (nSPS) is 14.2. The lowest BCUT2D eigenvalue weighted by Crippen LogP contribution is -2.40. The van der Waals surface area contributed by atoms with E-state index in [4.69, 9.17) is 0 Å². The number of hydrogen-bond donors (Lipinski definition) is 1. The molecule has 0 saturated carbocycles. The molecule has 0 atom stereocenters. The number of carbonyl (C=O) groups excluding carboxylic acids is 1. The van der Waals surface area contributed by atoms with Crippen LogP contribution in [0.3, 0.4) is 0 Å². The van der Waals surface area contributed by atoms with Crippen molar-refractivity contribution < 1.29 is 9.90 Å². The molecule has 3 nitrogen and oxygen atoms in total. The molecule has 21 heavy (non-hydrogen) atoms. The molecule has 0 saturated heterocycles. The first kappa shape index (κ1) is 15.4. The van der Waals surface area contributed by atoms with Crippen LogP contribution < -0.4 is 4.90 Å². The Hall–Kier alpha value is -2.03. The predicted octanol–water partition coefficient (Wildman–Crippen LogP) is 3.54. The van der Waals surface area contributed by atoms with Crippen LogP contribution in [-0.4, -0.2) is 17.1 Å². The van der Waals surface area contributed by atoms with Crippen LogP contribution >= 0.6 is 0 Å². The standard InChI is InChI=1S/C18H23NO2/c1-5-7-13-11-16-14(15(8-6-2)18(13)21)9-10-17(20)19(16)12(3)4/h5-6,11-12,21H,1-2,7-10H2,3-4H3. The third-order valence-corrected chi connectivity index (χ3v) is 3.92. The molecular formula is C18H23NO2. The molecule has 1 aliphatic heterocycles. The summed E-state index contributed by atoms with van der Waals surface area (Å²) in [5.41, 5.74) is 3.74. The zero-order valence-electron chi connectivity index (χ0n) is 12.9. The van der Waals surface area contributed by atoms with Crippen LogP contribution in [0.5, 0.6) is 5.75 Å². The van der Waals surface area contributed by atoms with Crippen LogP contribution in [0.4, 0.5) is 5.69 Å². The van der Waals surface area contributed by atoms with Gasteiger partial charge in [0.2, 0.25) is 5.91 Å². The van der Waals surface area contributed by atoms with Crippen molar-refractivity contribution in [2.75, 3.05) is 4.90 Å². The number of anilines is 1. The minimum atomic E-state index is 0.106. The number of fused-ring (bicyclic) bond motifs is 1. The largest absolute Gasteiger partial charge is 0.507 e. The third-order valence-electron chi connectivity index (χ3n) is 3.92. The van der Waals surface area contributed by atoms with Gasteiger partial charge in [-0.3, -0.25) is 4.79 Å². The summed E-state index contributed by atoms with van der Waals surface area (Å²) in [5, 5.41) is 10.5. The molecular weight excluding hydrogens is 262 g/mol. The lowest BCUT2D eigenvalue weighted by molar-refractivity contribution is -0.119. The lowest BCUT2D eigenvalue weighted by Gasteiger charge is -2.34. The smallest absolute Gasteiger partial charge is 0.227 e. The Morgan fingerprint density at radius 1 is 1.29 bits per heavy atom. The summed E-state index contributed by atoms with van der Waals surface area (Å²) >= 11 is 0. The fraction of sp³-hybridized carbons (Fsp3) is 0.389. The van der Waals surface area contributed by atoms with E-state index in [1.165, 1.54) is 0 Å². The molecule has 1 aliphatic rings. The van der Waals surface area contributed by atoms with Crippen molar-refractivity contribution in [1.29, 1.82) is 0 Å². The van der Waals surface area contributed by atoms with Gasteiger partial charge in [-0.25, -0.2) is 0 Å². The third kappa shape index (κ3) is 2.73. The summed E-state index contributed by atoms with van der Waals surface area (Å²) in [4.78, 5) is 14.1. The van der Waals surface area contributed by atoms with Gasteiger partial charge in [-0.05, 0) is 50.3 Å². The van der Waals surface area contributed by atoms with Gasteiger partial charge in [-0.2, -0.15) is 0 Å². The number of rotatable bonds is 5. The lowest BCUT2D eigenvalue weighted by atomic mass is 9.89. The van der Waals surface area contributed by atoms with Crippen molar-refractivity contribution >= 4 is 11.6 Å². The number of hydrogen-bond acceptors (Lipinski definition) is 2. The molecule has 2 rings (SSSR count). The van der Waals surface area contributed by atoms with E-state index in [1.54, 1.807) is 12.2 Å². The van der Waals surface area contributed by atoms with E-state index in [9.17, 15) is 9.90 Å². The maximum atomic E-state index is 12.2. The maximum Gasteiger partial charge on any atom is 0.227 e. The molecule has 3 heteroatoms. The first-order valence-corrected chi connectivity index (χ1v) is 7.41. The Bertz CT molecular complexity index is 587. The molecule has 0 bridgehead atoms. The van der Waals surface area contributed by atoms with Crippen molar-refractivity contribution in [3.05, 3.63) is 48.1 Å². The molecule has 0 spiro atoms. The van der Waals surface area contributed by atoms with Crippen molar-refractivity contribution in [3.8, 4) is 5.75 Å². The average molecular weight is 285 g/mol. The van der Waals surface area contributed by atoms with Gasteiger partial charge < -0.3 is 10.0 Å². The highest BCUT2D eigenvalue weighted by atomic mass is 16.3. The number of phenols is 1. The van der Waals surface area contributed by atoms with Crippen LogP contribution in [0.25, 0.3) is 0 Å². The Kier molecular flexibility index (Phi) is 4.51. The van der Waals surface area contributed by atoms with Crippen LogP contribution in [0.2, 0.25) is 0 Å². The van der Waals surface area contributed by atoms with E-state index in [0.717, 1.165) is 22.4 Å². The molecule has 0 radical (unpaired) electrons. The predicted molar refractivity (Wildman–Crippen MR) is 86.9 cm³/mol. The summed E-state index contributed by atoms with van der Waals surface area (Å²) < 4.78 is 0. The highest BCUT2D eigenvalue weighted by molar-refractivity contribution is 5.97. The molecule has 1 amide bonds. The first-order chi connectivity index (χ1) is 10.0. The Labute approximate surface area is 126 Å². The van der Waals surface area contributed by atoms with Gasteiger partial charge in [-0.15, -0.1) is 13.2 Å². The van der Waals surface area contributed by atoms with Crippen LogP contribution in [0, 0.1) is 0 Å². The quantitative estimate of drug-likeness (QED) is 0.841. The number of phenolic OH excluding ortho intramolecular Hbond substituents is 1. The second kappa shape index (κ2) is 6.17. The number of aromatic hydroxyl groups is 1. The molecule has 0 unspecified atom stereocenters. The highest BCUT2D eigenvalue weighted by Gasteiger charge is 2.29. The number of benzene rings is 1. The number of carbonyl (C=O) groups is 1. The average Bonchev–Trinajstić information content (AvgIpc) is 2.43. The summed E-state index contributed by atoms with van der Waals surface area (Å²) in [6, 6.07) is 2.05. The first-order valence-electron chi connectivity index (χ1n) is 7.41. The van der Waals surface area contributed by atoms with Gasteiger partial charge in [-0.1, -0.05) is 12.2 Å². The molecule has 1 aromatic rings. The van der Waals surface area contributed by atoms with E-state index in [-0.39, 0.29) is 11.9 Å². The van der Waals surface area contributed by atoms with E-state index < -0.39 is 0 Å². The van der Waals surface area contributed by atoms with Gasteiger partial charge >= 0.3 is 0 Å². The Balaban J connectivity index is 2.68. The van der Waals surface area contributed by atoms with E-state index in [0.29, 0.717) is 31.4 Å². The van der Waals surface area contributed by atoms with Gasteiger partial charge in [0.05, 0.1) is 0 Å². The van der Waals surface area contributed by atoms with Crippen molar-refractivity contribution in [2.24, 2.45) is 0 Å². The monoisotopic (exact) mass is 285 g/mol. The molecule has 0 aliphatic carbocycles. The zero-order valence-corrected chi connectivity index (χ0v) is 12.9. The van der Waals surface area contributed by atoms with Crippen molar-refractivity contribution in [1.82, 2.24) is 0 Å².